The quantitative estimate of drug-likeness (QED) is 0.177. The van der Waals surface area contributed by atoms with Gasteiger partial charge in [0.1, 0.15) is 0 Å². The van der Waals surface area contributed by atoms with E-state index in [9.17, 15) is 69.5 Å². The smallest absolute Gasteiger partial charge is 0.206 e. The van der Waals surface area contributed by atoms with Gasteiger partial charge in [-0.3, -0.25) is 0 Å². The summed E-state index contributed by atoms with van der Waals surface area (Å²) in [5.41, 5.74) is -12.2. The van der Waals surface area contributed by atoms with E-state index in [4.69, 9.17) is 0 Å². The normalized spacial score (nSPS) is 15.8. The molecule has 0 spiro atoms. The van der Waals surface area contributed by atoms with E-state index in [0.29, 0.717) is 0 Å². The number of rotatable bonds is 2. The molecule has 6 aromatic rings. The number of sulfonamides is 2. The van der Waals surface area contributed by atoms with Gasteiger partial charge >= 0.3 is 24.7 Å². The van der Waals surface area contributed by atoms with E-state index < -0.39 is 110 Å². The van der Waals surface area contributed by atoms with Crippen molar-refractivity contribution in [3.05, 3.63) is 119 Å². The molecule has 0 fully saturated rings. The molecular weight excluding hydrogens is 803 g/mol. The first-order chi connectivity index (χ1) is 25.3. The number of alkyl halides is 12. The van der Waals surface area contributed by atoms with Gasteiger partial charge in [0, 0.05) is 22.3 Å². The Kier molecular flexibility index (Phi) is 8.45. The summed E-state index contributed by atoms with van der Waals surface area (Å²) in [7, 11) is -11.2. The van der Waals surface area contributed by atoms with Gasteiger partial charge in [-0.2, -0.15) is 52.7 Å². The number of nitrogens with one attached hydrogen (secondary N) is 1. The summed E-state index contributed by atoms with van der Waals surface area (Å²) in [6, 6.07) is 12.8. The van der Waals surface area contributed by atoms with Crippen molar-refractivity contribution in [2.45, 2.75) is 34.5 Å². The van der Waals surface area contributed by atoms with Gasteiger partial charge in [-0.15, -0.1) is 4.13 Å². The van der Waals surface area contributed by atoms with Gasteiger partial charge in [0.15, 0.2) is 0 Å². The topological polar surface area (TPSA) is 80.3 Å². The SMILES string of the molecule is O=S1(=O)NS(=O)(=O)c2c(-c3cc(C(F)(F)F)cc(C(F)(F)F)c3)cc3ccccc3c2-c2c1c(-c1cc(C(F)(F)F)cc(C(F)(F)F)c1)cc1ccccc21. The molecule has 286 valence electrons. The maximum absolute atomic E-state index is 14.3. The van der Waals surface area contributed by atoms with Gasteiger partial charge in [0.05, 0.1) is 32.0 Å². The van der Waals surface area contributed by atoms with Crippen LogP contribution in [0.4, 0.5) is 52.7 Å². The number of hydrogen-bond acceptors (Lipinski definition) is 4. The lowest BCUT2D eigenvalue weighted by Crippen LogP contribution is -2.30. The first-order valence-electron chi connectivity index (χ1n) is 15.3. The third-order valence-corrected chi connectivity index (χ3v) is 12.5. The molecule has 0 unspecified atom stereocenters. The Hall–Kier alpha value is -5.14. The Morgan fingerprint density at radius 1 is 0.400 bits per heavy atom. The van der Waals surface area contributed by atoms with E-state index in [-0.39, 0.29) is 57.9 Å². The molecule has 1 aliphatic rings. The first-order valence-corrected chi connectivity index (χ1v) is 18.2. The zero-order valence-corrected chi connectivity index (χ0v) is 28.4. The monoisotopic (exact) mass is 819 g/mol. The van der Waals surface area contributed by atoms with Crippen molar-refractivity contribution >= 4 is 41.6 Å². The van der Waals surface area contributed by atoms with E-state index in [1.807, 2.05) is 0 Å². The highest BCUT2D eigenvalue weighted by atomic mass is 32.3. The molecule has 6 aromatic carbocycles. The summed E-state index contributed by atoms with van der Waals surface area (Å²) in [6.07, 6.45) is -21.6. The van der Waals surface area contributed by atoms with Crippen LogP contribution in [0.5, 0.6) is 0 Å². The van der Waals surface area contributed by atoms with Crippen LogP contribution in [0.1, 0.15) is 22.3 Å². The van der Waals surface area contributed by atoms with Gasteiger partial charge in [-0.1, -0.05) is 48.5 Å². The lowest BCUT2D eigenvalue weighted by molar-refractivity contribution is -0.144. The van der Waals surface area contributed by atoms with Crippen LogP contribution in [0.15, 0.2) is 107 Å². The van der Waals surface area contributed by atoms with Crippen molar-refractivity contribution in [3.63, 3.8) is 0 Å². The van der Waals surface area contributed by atoms with Crippen LogP contribution in [-0.2, 0) is 44.8 Å². The standard InChI is InChI=1S/C36H17F12NO4S2/c37-33(38,39)21-9-19(10-22(15-21)34(40,41)42)27-13-17-5-1-3-7-25(17)29-30-26-8-4-2-6-18(26)14-28(32(30)55(52,53)49-54(50,51)31(27)29)20-11-23(35(43,44)45)16-24(12-20)36(46,47)48/h1-16,49H. The molecule has 0 aliphatic carbocycles. The predicted octanol–water partition coefficient (Wildman–Crippen LogP) is 11.0. The molecule has 1 aliphatic heterocycles. The van der Waals surface area contributed by atoms with Gasteiger partial charge in [-0.25, -0.2) is 16.8 Å². The molecule has 19 heteroatoms. The molecule has 1 heterocycles. The number of benzene rings is 6. The highest BCUT2D eigenvalue weighted by molar-refractivity contribution is 8.05. The molecule has 0 amide bonds. The molecule has 5 nitrogen and oxygen atoms in total. The maximum Gasteiger partial charge on any atom is 0.416 e. The maximum atomic E-state index is 14.3. The van der Waals surface area contributed by atoms with Gasteiger partial charge < -0.3 is 0 Å². The second-order valence-electron chi connectivity index (χ2n) is 12.4. The summed E-state index contributed by atoms with van der Waals surface area (Å²) >= 11 is 0. The minimum absolute atomic E-state index is 0.0458. The highest BCUT2D eigenvalue weighted by Crippen LogP contribution is 2.52. The zero-order chi connectivity index (χ0) is 40.3. The molecule has 1 N–H and O–H groups in total. The predicted molar refractivity (Wildman–Crippen MR) is 175 cm³/mol. The summed E-state index contributed by atoms with van der Waals surface area (Å²) in [5, 5.41) is -0.378. The van der Waals surface area contributed by atoms with Crippen molar-refractivity contribution in [1.82, 2.24) is 4.13 Å². The molecule has 0 saturated carbocycles. The summed E-state index contributed by atoms with van der Waals surface area (Å²) < 4.78 is 227. The molecule has 0 radical (unpaired) electrons. The van der Waals surface area contributed by atoms with Crippen molar-refractivity contribution in [1.29, 1.82) is 0 Å². The number of hydrogen-bond donors (Lipinski definition) is 1. The minimum atomic E-state index is -5.61. The van der Waals surface area contributed by atoms with Gasteiger partial charge in [0.2, 0.25) is 0 Å². The van der Waals surface area contributed by atoms with Gasteiger partial charge in [0.25, 0.3) is 20.0 Å². The molecule has 0 atom stereocenters. The van der Waals surface area contributed by atoms with E-state index in [1.165, 1.54) is 52.7 Å². The summed E-state index contributed by atoms with van der Waals surface area (Å²) in [4.78, 5) is -2.27. The Morgan fingerprint density at radius 2 is 0.691 bits per heavy atom. The average molecular weight is 820 g/mol. The van der Waals surface area contributed by atoms with E-state index in [2.05, 4.69) is 0 Å². The van der Waals surface area contributed by atoms with Crippen LogP contribution in [0, 0.1) is 0 Å². The minimum Gasteiger partial charge on any atom is -0.206 e. The lowest BCUT2D eigenvalue weighted by atomic mass is 9.87. The fourth-order valence-electron chi connectivity index (χ4n) is 6.59. The van der Waals surface area contributed by atoms with Crippen molar-refractivity contribution in [3.8, 4) is 33.4 Å². The highest BCUT2D eigenvalue weighted by Gasteiger charge is 2.43. The molecule has 0 aromatic heterocycles. The van der Waals surface area contributed by atoms with Crippen LogP contribution in [0.2, 0.25) is 0 Å². The van der Waals surface area contributed by atoms with Crippen LogP contribution in [0.25, 0.3) is 54.9 Å². The second-order valence-corrected chi connectivity index (χ2v) is 15.9. The van der Waals surface area contributed by atoms with Crippen molar-refractivity contribution < 1.29 is 69.5 Å². The first kappa shape index (κ1) is 38.1. The van der Waals surface area contributed by atoms with Crippen molar-refractivity contribution in [2.24, 2.45) is 0 Å². The van der Waals surface area contributed by atoms with Crippen molar-refractivity contribution in [2.75, 3.05) is 0 Å². The lowest BCUT2D eigenvalue weighted by Gasteiger charge is -2.21. The van der Waals surface area contributed by atoms with Crippen LogP contribution in [-0.4, -0.2) is 16.8 Å². The van der Waals surface area contributed by atoms with Crippen LogP contribution >= 0.6 is 0 Å². The van der Waals surface area contributed by atoms with Crippen LogP contribution < -0.4 is 4.13 Å². The number of halogens is 12. The molecule has 0 saturated heterocycles. The Balaban J connectivity index is 1.74. The molecule has 7 rings (SSSR count). The largest absolute Gasteiger partial charge is 0.416 e. The van der Waals surface area contributed by atoms with E-state index in [0.717, 1.165) is 12.1 Å². The summed E-state index contributed by atoms with van der Waals surface area (Å²) in [5.74, 6) is 0. The third-order valence-electron chi connectivity index (χ3n) is 8.81. The van der Waals surface area contributed by atoms with E-state index in [1.54, 1.807) is 0 Å². The Morgan fingerprint density at radius 3 is 0.982 bits per heavy atom. The zero-order valence-electron chi connectivity index (χ0n) is 26.7. The molecule has 55 heavy (non-hydrogen) atoms. The summed E-state index contributed by atoms with van der Waals surface area (Å²) in [6.45, 7) is 0. The van der Waals surface area contributed by atoms with Crippen LogP contribution in [0.3, 0.4) is 0 Å². The third kappa shape index (κ3) is 6.67. The van der Waals surface area contributed by atoms with Gasteiger partial charge in [-0.05, 0) is 81.2 Å². The Labute approximate surface area is 301 Å². The van der Waals surface area contributed by atoms with E-state index >= 15 is 0 Å². The fourth-order valence-corrected chi connectivity index (χ4v) is 10.3. The second kappa shape index (κ2) is 12.2. The average Bonchev–Trinajstić information content (AvgIpc) is 3.15. The Bertz CT molecular complexity index is 2570. The fraction of sp³-hybridized carbons (Fsp3) is 0.111. The molecule has 0 bridgehead atoms. The molecular formula is C36H17F12NO4S2. The number of fused-ring (bicyclic) bond motifs is 7.